The molecule has 0 radical (unpaired) electrons. The normalized spacial score (nSPS) is 19.4. The van der Waals surface area contributed by atoms with Gasteiger partial charge in [0.05, 0.1) is 5.56 Å². The summed E-state index contributed by atoms with van der Waals surface area (Å²) in [6.07, 6.45) is 1.69. The molecule has 0 spiro atoms. The second-order valence-electron chi connectivity index (χ2n) is 3.44. The van der Waals surface area contributed by atoms with E-state index in [2.05, 4.69) is 15.9 Å². The average Bonchev–Trinajstić information content (AvgIpc) is 2.50. The number of halogens is 1. The molecule has 1 aliphatic carbocycles. The van der Waals surface area contributed by atoms with Gasteiger partial charge in [0.2, 0.25) is 0 Å². The van der Waals surface area contributed by atoms with Crippen molar-refractivity contribution in [2.75, 3.05) is 0 Å². The first-order chi connectivity index (χ1) is 6.61. The molecule has 14 heavy (non-hydrogen) atoms. The maximum Gasteiger partial charge on any atom is 0.336 e. The lowest BCUT2D eigenvalue weighted by atomic mass is 10.0. The highest BCUT2D eigenvalue weighted by molar-refractivity contribution is 9.10. The monoisotopic (exact) mass is 255 g/mol. The summed E-state index contributed by atoms with van der Waals surface area (Å²) < 4.78 is 0.963. The minimum atomic E-state index is -0.897. The van der Waals surface area contributed by atoms with Crippen LogP contribution in [0.5, 0.6) is 0 Å². The summed E-state index contributed by atoms with van der Waals surface area (Å²) in [5.74, 6) is -0.897. The molecule has 4 heteroatoms. The van der Waals surface area contributed by atoms with Crippen molar-refractivity contribution >= 4 is 21.9 Å². The standard InChI is InChI=1S/C10H10BrNO2/c11-7-3-1-6(10(13)14)9-5(7)2-4-8(9)12/h1,3,8H,2,4,12H2,(H,13,14). The topological polar surface area (TPSA) is 63.3 Å². The highest BCUT2D eigenvalue weighted by Gasteiger charge is 2.26. The summed E-state index contributed by atoms with van der Waals surface area (Å²) in [6.45, 7) is 0. The van der Waals surface area contributed by atoms with Gasteiger partial charge in [-0.3, -0.25) is 0 Å². The third-order valence-electron chi connectivity index (χ3n) is 2.61. The van der Waals surface area contributed by atoms with Crippen LogP contribution in [0.15, 0.2) is 16.6 Å². The molecular weight excluding hydrogens is 246 g/mol. The van der Waals surface area contributed by atoms with E-state index < -0.39 is 5.97 Å². The molecule has 0 aliphatic heterocycles. The van der Waals surface area contributed by atoms with Gasteiger partial charge < -0.3 is 10.8 Å². The van der Waals surface area contributed by atoms with Crippen LogP contribution in [0.2, 0.25) is 0 Å². The zero-order chi connectivity index (χ0) is 10.3. The number of carbonyl (C=O) groups is 1. The Morgan fingerprint density at radius 2 is 2.29 bits per heavy atom. The van der Waals surface area contributed by atoms with E-state index in [1.54, 1.807) is 12.1 Å². The Hall–Kier alpha value is -0.870. The molecule has 1 aromatic carbocycles. The first-order valence-electron chi connectivity index (χ1n) is 4.41. The fraction of sp³-hybridized carbons (Fsp3) is 0.300. The smallest absolute Gasteiger partial charge is 0.336 e. The van der Waals surface area contributed by atoms with Crippen LogP contribution >= 0.6 is 15.9 Å². The number of aromatic carboxylic acids is 1. The fourth-order valence-electron chi connectivity index (χ4n) is 1.95. The predicted molar refractivity (Wildman–Crippen MR) is 56.4 cm³/mol. The van der Waals surface area contributed by atoms with Gasteiger partial charge in [-0.15, -0.1) is 0 Å². The Bertz CT molecular complexity index is 403. The van der Waals surface area contributed by atoms with E-state index in [0.717, 1.165) is 28.4 Å². The van der Waals surface area contributed by atoms with Gasteiger partial charge in [0.1, 0.15) is 0 Å². The number of hydrogen-bond donors (Lipinski definition) is 2. The average molecular weight is 256 g/mol. The van der Waals surface area contributed by atoms with Gasteiger partial charge >= 0.3 is 5.97 Å². The van der Waals surface area contributed by atoms with Crippen molar-refractivity contribution in [3.63, 3.8) is 0 Å². The molecule has 3 nitrogen and oxygen atoms in total. The lowest BCUT2D eigenvalue weighted by Crippen LogP contribution is -2.11. The number of fused-ring (bicyclic) bond motifs is 1. The minimum absolute atomic E-state index is 0.131. The lowest BCUT2D eigenvalue weighted by Gasteiger charge is -2.09. The summed E-state index contributed by atoms with van der Waals surface area (Å²) in [5, 5.41) is 8.99. The van der Waals surface area contributed by atoms with Crippen molar-refractivity contribution in [1.82, 2.24) is 0 Å². The molecule has 0 heterocycles. The number of hydrogen-bond acceptors (Lipinski definition) is 2. The van der Waals surface area contributed by atoms with Gasteiger partial charge in [-0.25, -0.2) is 4.79 Å². The number of rotatable bonds is 1. The molecule has 0 fully saturated rings. The molecule has 2 rings (SSSR count). The van der Waals surface area contributed by atoms with Crippen molar-refractivity contribution < 1.29 is 9.90 Å². The van der Waals surface area contributed by atoms with Gasteiger partial charge in [-0.1, -0.05) is 15.9 Å². The van der Waals surface area contributed by atoms with Crippen LogP contribution in [0.3, 0.4) is 0 Å². The third-order valence-corrected chi connectivity index (χ3v) is 3.35. The van der Waals surface area contributed by atoms with Crippen LogP contribution < -0.4 is 5.73 Å². The first-order valence-corrected chi connectivity index (χ1v) is 5.20. The van der Waals surface area contributed by atoms with E-state index in [4.69, 9.17) is 10.8 Å². The molecule has 1 atom stereocenters. The van der Waals surface area contributed by atoms with E-state index >= 15 is 0 Å². The van der Waals surface area contributed by atoms with Crippen LogP contribution in [0.1, 0.15) is 33.9 Å². The van der Waals surface area contributed by atoms with Gasteiger partial charge in [0.25, 0.3) is 0 Å². The van der Waals surface area contributed by atoms with Crippen LogP contribution in [0.25, 0.3) is 0 Å². The summed E-state index contributed by atoms with van der Waals surface area (Å²) in [5.41, 5.74) is 8.06. The van der Waals surface area contributed by atoms with Crippen molar-refractivity contribution in [1.29, 1.82) is 0 Å². The number of benzene rings is 1. The zero-order valence-electron chi connectivity index (χ0n) is 7.46. The van der Waals surface area contributed by atoms with Crippen molar-refractivity contribution in [2.24, 2.45) is 5.73 Å². The van der Waals surface area contributed by atoms with Gasteiger partial charge in [-0.05, 0) is 36.1 Å². The molecular formula is C10H10BrNO2. The van der Waals surface area contributed by atoms with Crippen LogP contribution in [0.4, 0.5) is 0 Å². The van der Waals surface area contributed by atoms with Crippen molar-refractivity contribution in [2.45, 2.75) is 18.9 Å². The van der Waals surface area contributed by atoms with Crippen molar-refractivity contribution in [3.05, 3.63) is 33.3 Å². The van der Waals surface area contributed by atoms with Crippen LogP contribution in [-0.2, 0) is 6.42 Å². The van der Waals surface area contributed by atoms with Gasteiger partial charge in [0.15, 0.2) is 0 Å². The Balaban J connectivity index is 2.66. The van der Waals surface area contributed by atoms with E-state index in [1.165, 1.54) is 0 Å². The van der Waals surface area contributed by atoms with Crippen LogP contribution in [-0.4, -0.2) is 11.1 Å². The number of carboxylic acid groups (broad SMARTS) is 1. The molecule has 1 aromatic rings. The Morgan fingerprint density at radius 3 is 2.93 bits per heavy atom. The summed E-state index contributed by atoms with van der Waals surface area (Å²) in [6, 6.07) is 3.25. The van der Waals surface area contributed by atoms with E-state index in [-0.39, 0.29) is 6.04 Å². The molecule has 1 aliphatic rings. The molecule has 74 valence electrons. The number of nitrogens with two attached hydrogens (primary N) is 1. The SMILES string of the molecule is NC1CCc2c(Br)ccc(C(=O)O)c21. The highest BCUT2D eigenvalue weighted by Crippen LogP contribution is 2.36. The molecule has 3 N–H and O–H groups in total. The molecule has 0 bridgehead atoms. The Morgan fingerprint density at radius 1 is 1.57 bits per heavy atom. The van der Waals surface area contributed by atoms with Gasteiger partial charge in [0, 0.05) is 10.5 Å². The summed E-state index contributed by atoms with van der Waals surface area (Å²) in [4.78, 5) is 10.9. The summed E-state index contributed by atoms with van der Waals surface area (Å²) >= 11 is 3.41. The zero-order valence-corrected chi connectivity index (χ0v) is 9.04. The highest BCUT2D eigenvalue weighted by atomic mass is 79.9. The largest absolute Gasteiger partial charge is 0.478 e. The minimum Gasteiger partial charge on any atom is -0.478 e. The Kier molecular flexibility index (Phi) is 2.33. The molecule has 0 saturated carbocycles. The lowest BCUT2D eigenvalue weighted by molar-refractivity contribution is 0.0695. The van der Waals surface area contributed by atoms with Crippen LogP contribution in [0, 0.1) is 0 Å². The maximum absolute atomic E-state index is 10.9. The third kappa shape index (κ3) is 1.35. The fourth-order valence-corrected chi connectivity index (χ4v) is 2.49. The molecule has 0 saturated heterocycles. The quantitative estimate of drug-likeness (QED) is 0.808. The summed E-state index contributed by atoms with van der Waals surface area (Å²) in [7, 11) is 0. The first kappa shape index (κ1) is 9.68. The number of carboxylic acids is 1. The maximum atomic E-state index is 10.9. The predicted octanol–water partition coefficient (Wildman–Crippen LogP) is 2.09. The van der Waals surface area contributed by atoms with Gasteiger partial charge in [-0.2, -0.15) is 0 Å². The van der Waals surface area contributed by atoms with Crippen molar-refractivity contribution in [3.8, 4) is 0 Å². The van der Waals surface area contributed by atoms with E-state index in [9.17, 15) is 4.79 Å². The molecule has 0 amide bonds. The second kappa shape index (κ2) is 3.37. The van der Waals surface area contributed by atoms with E-state index in [1.807, 2.05) is 0 Å². The molecule has 1 unspecified atom stereocenters. The van der Waals surface area contributed by atoms with E-state index in [0.29, 0.717) is 5.56 Å². The second-order valence-corrected chi connectivity index (χ2v) is 4.29. The molecule has 0 aromatic heterocycles. The Labute approximate surface area is 90.0 Å².